The summed E-state index contributed by atoms with van der Waals surface area (Å²) in [6.07, 6.45) is 0.888. The molecule has 1 aromatic rings. The van der Waals surface area contributed by atoms with Gasteiger partial charge in [0, 0.05) is 11.5 Å². The van der Waals surface area contributed by atoms with Crippen molar-refractivity contribution in [3.63, 3.8) is 0 Å². The molecule has 0 aromatic heterocycles. The van der Waals surface area contributed by atoms with Gasteiger partial charge >= 0.3 is 0 Å². The van der Waals surface area contributed by atoms with Crippen molar-refractivity contribution in [1.82, 2.24) is 0 Å². The average molecular weight is 209 g/mol. The fourth-order valence-electron chi connectivity index (χ4n) is 2.17. The predicted octanol–water partition coefficient (Wildman–Crippen LogP) is 1.83. The summed E-state index contributed by atoms with van der Waals surface area (Å²) in [5, 5.41) is 0. The predicted molar refractivity (Wildman–Crippen MR) is 57.2 cm³/mol. The van der Waals surface area contributed by atoms with Crippen LogP contribution in [-0.2, 0) is 10.2 Å². The van der Waals surface area contributed by atoms with Crippen LogP contribution >= 0.6 is 0 Å². The Balaban J connectivity index is 2.22. The van der Waals surface area contributed by atoms with Crippen LogP contribution < -0.4 is 5.73 Å². The normalized spacial score (nSPS) is 20.7. The van der Waals surface area contributed by atoms with Gasteiger partial charge in [0.15, 0.2) is 0 Å². The zero-order valence-corrected chi connectivity index (χ0v) is 8.87. The zero-order valence-electron chi connectivity index (χ0n) is 8.87. The smallest absolute Gasteiger partial charge is 0.123 e. The lowest BCUT2D eigenvalue weighted by Crippen LogP contribution is -2.49. The summed E-state index contributed by atoms with van der Waals surface area (Å²) < 4.78 is 18.1. The Bertz CT molecular complexity index is 330. The van der Waals surface area contributed by atoms with Crippen LogP contribution in [0.1, 0.15) is 18.9 Å². The minimum Gasteiger partial charge on any atom is -0.379 e. The molecule has 0 bridgehead atoms. The monoisotopic (exact) mass is 209 g/mol. The first kappa shape index (κ1) is 10.6. The maximum Gasteiger partial charge on any atom is 0.123 e. The van der Waals surface area contributed by atoms with Gasteiger partial charge in [-0.3, -0.25) is 0 Å². The topological polar surface area (TPSA) is 35.2 Å². The highest BCUT2D eigenvalue weighted by atomic mass is 19.1. The highest BCUT2D eigenvalue weighted by molar-refractivity contribution is 5.28. The number of rotatable bonds is 3. The molecular weight excluding hydrogens is 193 g/mol. The van der Waals surface area contributed by atoms with Crippen LogP contribution in [0.2, 0.25) is 0 Å². The molecular formula is C12H16FNO. The quantitative estimate of drug-likeness (QED) is 0.824. The molecule has 82 valence electrons. The van der Waals surface area contributed by atoms with Gasteiger partial charge in [-0.1, -0.05) is 12.1 Å². The fourth-order valence-corrected chi connectivity index (χ4v) is 2.17. The van der Waals surface area contributed by atoms with E-state index in [1.54, 1.807) is 0 Å². The first-order chi connectivity index (χ1) is 7.12. The molecule has 3 heteroatoms. The third-order valence-electron chi connectivity index (χ3n) is 2.93. The highest BCUT2D eigenvalue weighted by Gasteiger charge is 2.40. The molecule has 0 aliphatic carbocycles. The first-order valence-corrected chi connectivity index (χ1v) is 5.22. The molecule has 15 heavy (non-hydrogen) atoms. The van der Waals surface area contributed by atoms with E-state index in [1.165, 1.54) is 12.1 Å². The van der Waals surface area contributed by atoms with E-state index < -0.39 is 0 Å². The summed E-state index contributed by atoms with van der Waals surface area (Å²) in [6.45, 7) is 3.38. The van der Waals surface area contributed by atoms with Crippen molar-refractivity contribution in [3.8, 4) is 0 Å². The summed E-state index contributed by atoms with van der Waals surface area (Å²) in [7, 11) is 0. The molecule has 0 radical (unpaired) electrons. The second-order valence-corrected chi connectivity index (χ2v) is 4.46. The molecule has 0 saturated carbocycles. The largest absolute Gasteiger partial charge is 0.379 e. The van der Waals surface area contributed by atoms with Crippen molar-refractivity contribution in [2.45, 2.75) is 24.8 Å². The van der Waals surface area contributed by atoms with Crippen LogP contribution in [0, 0.1) is 5.82 Å². The molecule has 0 amide bonds. The number of nitrogens with two attached hydrogens (primary N) is 1. The summed E-state index contributed by atoms with van der Waals surface area (Å²) in [5.41, 5.74) is 6.97. The van der Waals surface area contributed by atoms with E-state index >= 15 is 0 Å². The molecule has 1 saturated heterocycles. The van der Waals surface area contributed by atoms with Crippen molar-refractivity contribution >= 4 is 0 Å². The first-order valence-electron chi connectivity index (χ1n) is 5.22. The van der Waals surface area contributed by atoms with Gasteiger partial charge in [0.1, 0.15) is 5.82 Å². The van der Waals surface area contributed by atoms with E-state index in [0.717, 1.165) is 12.0 Å². The van der Waals surface area contributed by atoms with Crippen molar-refractivity contribution < 1.29 is 9.13 Å². The fraction of sp³-hybridized carbons (Fsp3) is 0.500. The average Bonchev–Trinajstić information content (AvgIpc) is 2.13. The lowest BCUT2D eigenvalue weighted by atomic mass is 9.74. The van der Waals surface area contributed by atoms with Gasteiger partial charge in [0.25, 0.3) is 0 Å². The Kier molecular flexibility index (Phi) is 2.76. The van der Waals surface area contributed by atoms with Gasteiger partial charge in [-0.2, -0.15) is 0 Å². The lowest BCUT2D eigenvalue weighted by Gasteiger charge is -2.43. The molecule has 2 rings (SSSR count). The maximum atomic E-state index is 12.8. The van der Waals surface area contributed by atoms with Gasteiger partial charge in [-0.25, -0.2) is 4.39 Å². The van der Waals surface area contributed by atoms with Crippen LogP contribution in [0.4, 0.5) is 4.39 Å². The van der Waals surface area contributed by atoms with Gasteiger partial charge in [-0.15, -0.1) is 0 Å². The third kappa shape index (κ3) is 2.03. The van der Waals surface area contributed by atoms with Gasteiger partial charge in [-0.05, 0) is 31.0 Å². The second kappa shape index (κ2) is 3.91. The summed E-state index contributed by atoms with van der Waals surface area (Å²) in [5.74, 6) is -0.199. The van der Waals surface area contributed by atoms with E-state index in [-0.39, 0.29) is 17.3 Å². The lowest BCUT2D eigenvalue weighted by molar-refractivity contribution is -0.0665. The van der Waals surface area contributed by atoms with E-state index in [1.807, 2.05) is 19.1 Å². The molecule has 1 aliphatic rings. The number of hydrogen-bond donors (Lipinski definition) is 1. The molecule has 0 spiro atoms. The Morgan fingerprint density at radius 1 is 1.40 bits per heavy atom. The summed E-state index contributed by atoms with van der Waals surface area (Å²) in [6, 6.07) is 6.80. The van der Waals surface area contributed by atoms with Crippen molar-refractivity contribution in [3.05, 3.63) is 35.6 Å². The van der Waals surface area contributed by atoms with Crippen LogP contribution in [0.5, 0.6) is 0 Å². The molecule has 1 unspecified atom stereocenters. The molecule has 1 fully saturated rings. The van der Waals surface area contributed by atoms with Crippen LogP contribution in [0.15, 0.2) is 24.3 Å². The number of benzene rings is 1. The van der Waals surface area contributed by atoms with Crippen LogP contribution in [0.25, 0.3) is 0 Å². The van der Waals surface area contributed by atoms with Crippen molar-refractivity contribution in [2.75, 3.05) is 13.2 Å². The third-order valence-corrected chi connectivity index (χ3v) is 2.93. The van der Waals surface area contributed by atoms with E-state index in [9.17, 15) is 4.39 Å². The van der Waals surface area contributed by atoms with Gasteiger partial charge in [0.05, 0.1) is 13.2 Å². The zero-order chi connectivity index (χ0) is 10.9. The molecule has 2 N–H and O–H groups in total. The summed E-state index contributed by atoms with van der Waals surface area (Å²) >= 11 is 0. The Labute approximate surface area is 89.2 Å². The molecule has 2 nitrogen and oxygen atoms in total. The standard InChI is InChI=1S/C12H16FNO/c1-9(14)6-12(7-15-8-12)10-2-4-11(13)5-3-10/h2-5,9H,6-8,14H2,1H3. The SMILES string of the molecule is CC(N)CC1(c2ccc(F)cc2)COC1. The van der Waals surface area contributed by atoms with E-state index in [4.69, 9.17) is 10.5 Å². The number of ether oxygens (including phenoxy) is 1. The molecule has 1 heterocycles. The van der Waals surface area contributed by atoms with E-state index in [0.29, 0.717) is 13.2 Å². The Hall–Kier alpha value is -0.930. The van der Waals surface area contributed by atoms with Crippen LogP contribution in [-0.4, -0.2) is 19.3 Å². The Morgan fingerprint density at radius 2 is 2.00 bits per heavy atom. The minimum atomic E-state index is -0.199. The maximum absolute atomic E-state index is 12.8. The molecule has 1 aromatic carbocycles. The minimum absolute atomic E-state index is 0.0157. The van der Waals surface area contributed by atoms with Gasteiger partial charge in [0.2, 0.25) is 0 Å². The number of halogens is 1. The van der Waals surface area contributed by atoms with Crippen molar-refractivity contribution in [1.29, 1.82) is 0 Å². The molecule has 1 aliphatic heterocycles. The second-order valence-electron chi connectivity index (χ2n) is 4.46. The Morgan fingerprint density at radius 3 is 2.40 bits per heavy atom. The highest BCUT2D eigenvalue weighted by Crippen LogP contribution is 2.36. The number of hydrogen-bond acceptors (Lipinski definition) is 2. The summed E-state index contributed by atoms with van der Waals surface area (Å²) in [4.78, 5) is 0. The van der Waals surface area contributed by atoms with E-state index in [2.05, 4.69) is 0 Å². The van der Waals surface area contributed by atoms with Gasteiger partial charge < -0.3 is 10.5 Å². The van der Waals surface area contributed by atoms with Crippen molar-refractivity contribution in [2.24, 2.45) is 5.73 Å². The molecule has 1 atom stereocenters. The van der Waals surface area contributed by atoms with Crippen LogP contribution in [0.3, 0.4) is 0 Å².